The molecule has 1 aliphatic heterocycles. The van der Waals surface area contributed by atoms with Gasteiger partial charge in [-0.05, 0) is 17.7 Å². The molecule has 0 spiro atoms. The first-order chi connectivity index (χ1) is 11.1. The minimum atomic E-state index is -0.813. The molecule has 1 amide bonds. The summed E-state index contributed by atoms with van der Waals surface area (Å²) in [6.07, 6.45) is 2.86. The van der Waals surface area contributed by atoms with E-state index in [0.29, 0.717) is 19.5 Å². The Morgan fingerprint density at radius 1 is 1.22 bits per heavy atom. The van der Waals surface area contributed by atoms with Crippen molar-refractivity contribution in [3.05, 3.63) is 35.9 Å². The van der Waals surface area contributed by atoms with Crippen molar-refractivity contribution in [3.8, 4) is 0 Å². The van der Waals surface area contributed by atoms with Gasteiger partial charge in [-0.2, -0.15) is 11.8 Å². The van der Waals surface area contributed by atoms with Crippen LogP contribution in [0.2, 0.25) is 0 Å². The van der Waals surface area contributed by atoms with Gasteiger partial charge in [-0.15, -0.1) is 0 Å². The molecule has 0 aliphatic carbocycles. The van der Waals surface area contributed by atoms with Gasteiger partial charge in [0.1, 0.15) is 0 Å². The summed E-state index contributed by atoms with van der Waals surface area (Å²) in [5.74, 6) is 0.571. The van der Waals surface area contributed by atoms with Gasteiger partial charge in [-0.25, -0.2) is 0 Å². The first kappa shape index (κ1) is 17.9. The molecule has 5 heteroatoms. The Morgan fingerprint density at radius 3 is 2.61 bits per heavy atom. The third kappa shape index (κ3) is 4.99. The zero-order chi connectivity index (χ0) is 16.7. The average Bonchev–Trinajstić information content (AvgIpc) is 3.01. The maximum Gasteiger partial charge on any atom is 0.308 e. The average molecular weight is 335 g/mol. The summed E-state index contributed by atoms with van der Waals surface area (Å²) in [4.78, 5) is 25.6. The van der Waals surface area contributed by atoms with Crippen LogP contribution in [0.3, 0.4) is 0 Å². The molecule has 0 aromatic heterocycles. The second-order valence-corrected chi connectivity index (χ2v) is 7.20. The van der Waals surface area contributed by atoms with Crippen LogP contribution in [0.1, 0.15) is 37.7 Å². The Bertz CT molecular complexity index is 520. The number of thioether (sulfide) groups is 1. The lowest BCUT2D eigenvalue weighted by Gasteiger charge is -2.16. The summed E-state index contributed by atoms with van der Waals surface area (Å²) >= 11 is 1.81. The first-order valence-electron chi connectivity index (χ1n) is 8.26. The lowest BCUT2D eigenvalue weighted by atomic mass is 9.89. The molecule has 2 unspecified atom stereocenters. The highest BCUT2D eigenvalue weighted by Crippen LogP contribution is 2.33. The molecule has 1 fully saturated rings. The Labute approximate surface area is 142 Å². The van der Waals surface area contributed by atoms with Crippen LogP contribution in [-0.2, 0) is 9.59 Å². The van der Waals surface area contributed by atoms with Gasteiger partial charge in [0.2, 0.25) is 5.91 Å². The summed E-state index contributed by atoms with van der Waals surface area (Å²) in [6.45, 7) is 3.00. The fourth-order valence-electron chi connectivity index (χ4n) is 2.96. The predicted octanol–water partition coefficient (Wildman–Crippen LogP) is 3.24. The molecule has 4 nitrogen and oxygen atoms in total. The van der Waals surface area contributed by atoms with Crippen LogP contribution < -0.4 is 0 Å². The quantitative estimate of drug-likeness (QED) is 0.741. The van der Waals surface area contributed by atoms with Crippen molar-refractivity contribution in [2.45, 2.75) is 32.1 Å². The first-order valence-corrected chi connectivity index (χ1v) is 9.42. The van der Waals surface area contributed by atoms with Crippen molar-refractivity contribution in [2.24, 2.45) is 5.92 Å². The highest BCUT2D eigenvalue weighted by molar-refractivity contribution is 7.99. The van der Waals surface area contributed by atoms with E-state index < -0.39 is 11.9 Å². The van der Waals surface area contributed by atoms with E-state index in [1.807, 2.05) is 30.3 Å². The maximum atomic E-state index is 12.3. The molecule has 2 rings (SSSR count). The molecule has 1 heterocycles. The number of nitrogens with zero attached hydrogens (tertiary/aromatic N) is 1. The highest BCUT2D eigenvalue weighted by Gasteiger charge is 2.40. The van der Waals surface area contributed by atoms with Crippen LogP contribution in [0.15, 0.2) is 30.3 Å². The zero-order valence-corrected chi connectivity index (χ0v) is 14.4. The number of unbranched alkanes of at least 4 members (excludes halogenated alkanes) is 1. The van der Waals surface area contributed by atoms with E-state index in [4.69, 9.17) is 0 Å². The third-order valence-electron chi connectivity index (χ3n) is 4.32. The number of carbonyl (C=O) groups excluding carboxylic acids is 1. The fourth-order valence-corrected chi connectivity index (χ4v) is 3.98. The molecule has 0 radical (unpaired) electrons. The second-order valence-electron chi connectivity index (χ2n) is 5.98. The maximum absolute atomic E-state index is 12.3. The SMILES string of the molecule is CCCCSCCC(=O)N1CC(C(=O)O)C(c2ccccc2)C1. The minimum Gasteiger partial charge on any atom is -0.481 e. The summed E-state index contributed by atoms with van der Waals surface area (Å²) < 4.78 is 0. The molecule has 126 valence electrons. The molecular formula is C18H25NO3S. The second kappa shape index (κ2) is 8.96. The Balaban J connectivity index is 1.92. The van der Waals surface area contributed by atoms with Crippen molar-refractivity contribution >= 4 is 23.6 Å². The van der Waals surface area contributed by atoms with Gasteiger partial charge in [0.15, 0.2) is 0 Å². The van der Waals surface area contributed by atoms with Crippen LogP contribution in [0, 0.1) is 5.92 Å². The monoisotopic (exact) mass is 335 g/mol. The molecule has 0 saturated carbocycles. The number of likely N-dealkylation sites (tertiary alicyclic amines) is 1. The highest BCUT2D eigenvalue weighted by atomic mass is 32.2. The van der Waals surface area contributed by atoms with E-state index in [9.17, 15) is 14.7 Å². The molecule has 1 aliphatic rings. The molecule has 1 N–H and O–H groups in total. The Hall–Kier alpha value is -1.49. The minimum absolute atomic E-state index is 0.0821. The summed E-state index contributed by atoms with van der Waals surface area (Å²) in [6, 6.07) is 9.67. The summed E-state index contributed by atoms with van der Waals surface area (Å²) in [5, 5.41) is 9.48. The predicted molar refractivity (Wildman–Crippen MR) is 93.7 cm³/mol. The van der Waals surface area contributed by atoms with Crippen molar-refractivity contribution < 1.29 is 14.7 Å². The largest absolute Gasteiger partial charge is 0.481 e. The number of rotatable bonds is 8. The van der Waals surface area contributed by atoms with Gasteiger partial charge >= 0.3 is 5.97 Å². The number of hydrogen-bond donors (Lipinski definition) is 1. The van der Waals surface area contributed by atoms with Crippen molar-refractivity contribution in [1.29, 1.82) is 0 Å². The molecule has 1 aromatic carbocycles. The molecular weight excluding hydrogens is 310 g/mol. The van der Waals surface area contributed by atoms with Crippen molar-refractivity contribution in [1.82, 2.24) is 4.90 Å². The van der Waals surface area contributed by atoms with Crippen LogP contribution in [0.4, 0.5) is 0 Å². The normalized spacial score (nSPS) is 20.7. The van der Waals surface area contributed by atoms with Crippen molar-refractivity contribution in [2.75, 3.05) is 24.6 Å². The van der Waals surface area contributed by atoms with Gasteiger partial charge < -0.3 is 10.0 Å². The molecule has 0 bridgehead atoms. The fraction of sp³-hybridized carbons (Fsp3) is 0.556. The molecule has 1 saturated heterocycles. The number of benzene rings is 1. The van der Waals surface area contributed by atoms with E-state index in [2.05, 4.69) is 6.92 Å². The van der Waals surface area contributed by atoms with E-state index in [0.717, 1.165) is 17.1 Å². The number of aliphatic carboxylic acids is 1. The Morgan fingerprint density at radius 2 is 1.96 bits per heavy atom. The van der Waals surface area contributed by atoms with Gasteiger partial charge in [0, 0.05) is 31.2 Å². The van der Waals surface area contributed by atoms with Crippen LogP contribution in [0.25, 0.3) is 0 Å². The number of amides is 1. The van der Waals surface area contributed by atoms with Crippen molar-refractivity contribution in [3.63, 3.8) is 0 Å². The van der Waals surface area contributed by atoms with Gasteiger partial charge in [-0.1, -0.05) is 43.7 Å². The van der Waals surface area contributed by atoms with E-state index in [1.54, 1.807) is 16.7 Å². The smallest absolute Gasteiger partial charge is 0.308 e. The molecule has 1 aromatic rings. The lowest BCUT2D eigenvalue weighted by molar-refractivity contribution is -0.141. The summed E-state index contributed by atoms with van der Waals surface area (Å²) in [7, 11) is 0. The number of carboxylic acids is 1. The number of hydrogen-bond acceptors (Lipinski definition) is 3. The van der Waals surface area contributed by atoms with Crippen LogP contribution >= 0.6 is 11.8 Å². The van der Waals surface area contributed by atoms with Gasteiger partial charge in [-0.3, -0.25) is 9.59 Å². The van der Waals surface area contributed by atoms with Crippen LogP contribution in [-0.4, -0.2) is 46.5 Å². The number of carboxylic acid groups (broad SMARTS) is 1. The van der Waals surface area contributed by atoms with E-state index in [1.165, 1.54) is 12.8 Å². The standard InChI is InChI=1S/C18H25NO3S/c1-2-3-10-23-11-9-17(20)19-12-15(16(13-19)18(21)22)14-7-5-4-6-8-14/h4-8,15-16H,2-3,9-13H2,1H3,(H,21,22). The van der Waals surface area contributed by atoms with E-state index in [-0.39, 0.29) is 11.8 Å². The lowest BCUT2D eigenvalue weighted by Crippen LogP contribution is -2.30. The van der Waals surface area contributed by atoms with Gasteiger partial charge in [0.05, 0.1) is 5.92 Å². The summed E-state index contributed by atoms with van der Waals surface area (Å²) in [5.41, 5.74) is 1.01. The van der Waals surface area contributed by atoms with Crippen LogP contribution in [0.5, 0.6) is 0 Å². The molecule has 2 atom stereocenters. The number of carbonyl (C=O) groups is 2. The third-order valence-corrected chi connectivity index (χ3v) is 5.39. The topological polar surface area (TPSA) is 57.6 Å². The Kier molecular flexibility index (Phi) is 6.96. The zero-order valence-electron chi connectivity index (χ0n) is 13.6. The van der Waals surface area contributed by atoms with E-state index >= 15 is 0 Å². The van der Waals surface area contributed by atoms with Gasteiger partial charge in [0.25, 0.3) is 0 Å². The molecule has 23 heavy (non-hydrogen) atoms.